The van der Waals surface area contributed by atoms with E-state index in [-0.39, 0.29) is 0 Å². The summed E-state index contributed by atoms with van der Waals surface area (Å²) < 4.78 is 0. The minimum atomic E-state index is -0.857. The van der Waals surface area contributed by atoms with E-state index < -0.39 is 5.97 Å². The zero-order chi connectivity index (χ0) is 11.8. The van der Waals surface area contributed by atoms with Crippen LogP contribution in [0.4, 0.5) is 0 Å². The quantitative estimate of drug-likeness (QED) is 0.567. The molecule has 3 heteroatoms. The summed E-state index contributed by atoms with van der Waals surface area (Å²) in [4.78, 5) is 10.5. The minimum Gasteiger partial charge on any atom is -0.478 e. The molecule has 86 valence electrons. The molecular weight excluding hydrogens is 202 g/mol. The van der Waals surface area contributed by atoms with Crippen LogP contribution >= 0.6 is 0 Å². The lowest BCUT2D eigenvalue weighted by Crippen LogP contribution is -2.17. The zero-order valence-electron chi connectivity index (χ0n) is 9.44. The number of aliphatic carboxylic acids is 1. The Hall–Kier alpha value is -1.61. The highest BCUT2D eigenvalue weighted by Gasteiger charge is 1.97. The standard InChI is InChI=1S/C13H17NO2/c1-11(13(15)16)7-9-14-10-8-12-5-3-2-4-6-12/h2-7,14H,8-10H2,1H3,(H,15,16)/b11-7-. The Morgan fingerprint density at radius 3 is 2.69 bits per heavy atom. The second kappa shape index (κ2) is 6.80. The largest absolute Gasteiger partial charge is 0.478 e. The maximum atomic E-state index is 10.5. The van der Waals surface area contributed by atoms with Crippen LogP contribution in [0.2, 0.25) is 0 Å². The third-order valence-corrected chi connectivity index (χ3v) is 2.32. The van der Waals surface area contributed by atoms with Crippen LogP contribution in [0.3, 0.4) is 0 Å². The molecule has 0 bridgehead atoms. The van der Waals surface area contributed by atoms with E-state index in [1.54, 1.807) is 13.0 Å². The molecule has 1 aromatic carbocycles. The van der Waals surface area contributed by atoms with Gasteiger partial charge in [-0.15, -0.1) is 0 Å². The van der Waals surface area contributed by atoms with E-state index in [0.717, 1.165) is 13.0 Å². The lowest BCUT2D eigenvalue weighted by Gasteiger charge is -2.02. The number of hydrogen-bond donors (Lipinski definition) is 2. The fourth-order valence-electron chi connectivity index (χ4n) is 1.29. The molecule has 0 unspecified atom stereocenters. The van der Waals surface area contributed by atoms with Crippen LogP contribution in [0.15, 0.2) is 42.0 Å². The summed E-state index contributed by atoms with van der Waals surface area (Å²) in [5, 5.41) is 11.8. The highest BCUT2D eigenvalue weighted by atomic mass is 16.4. The van der Waals surface area contributed by atoms with Crippen molar-refractivity contribution in [3.05, 3.63) is 47.5 Å². The molecule has 0 aromatic heterocycles. The van der Waals surface area contributed by atoms with Crippen molar-refractivity contribution in [2.24, 2.45) is 0 Å². The fourth-order valence-corrected chi connectivity index (χ4v) is 1.29. The molecule has 0 heterocycles. The zero-order valence-corrected chi connectivity index (χ0v) is 9.44. The molecule has 0 aliphatic rings. The van der Waals surface area contributed by atoms with E-state index in [2.05, 4.69) is 17.4 Å². The number of carbonyl (C=O) groups is 1. The topological polar surface area (TPSA) is 49.3 Å². The van der Waals surface area contributed by atoms with Crippen molar-refractivity contribution < 1.29 is 9.90 Å². The summed E-state index contributed by atoms with van der Waals surface area (Å²) in [5.74, 6) is -0.857. The summed E-state index contributed by atoms with van der Waals surface area (Å²) in [6, 6.07) is 10.2. The van der Waals surface area contributed by atoms with E-state index in [4.69, 9.17) is 5.11 Å². The Morgan fingerprint density at radius 2 is 2.06 bits per heavy atom. The third kappa shape index (κ3) is 4.75. The first kappa shape index (κ1) is 12.5. The molecule has 0 fully saturated rings. The summed E-state index contributed by atoms with van der Waals surface area (Å²) >= 11 is 0. The number of hydrogen-bond acceptors (Lipinski definition) is 2. The highest BCUT2D eigenvalue weighted by Crippen LogP contribution is 1.98. The van der Waals surface area contributed by atoms with Gasteiger partial charge in [0.1, 0.15) is 0 Å². The summed E-state index contributed by atoms with van der Waals surface area (Å²) in [6.45, 7) is 3.06. The van der Waals surface area contributed by atoms with Crippen LogP contribution in [-0.2, 0) is 11.2 Å². The van der Waals surface area contributed by atoms with Crippen LogP contribution in [-0.4, -0.2) is 24.2 Å². The fraction of sp³-hybridized carbons (Fsp3) is 0.308. The average molecular weight is 219 g/mol. The smallest absolute Gasteiger partial charge is 0.330 e. The first-order valence-corrected chi connectivity index (χ1v) is 5.35. The molecule has 0 saturated heterocycles. The molecule has 2 N–H and O–H groups in total. The van der Waals surface area contributed by atoms with Gasteiger partial charge < -0.3 is 10.4 Å². The number of carboxylic acid groups (broad SMARTS) is 1. The van der Waals surface area contributed by atoms with Crippen LogP contribution in [0.25, 0.3) is 0 Å². The lowest BCUT2D eigenvalue weighted by molar-refractivity contribution is -0.132. The van der Waals surface area contributed by atoms with Crippen molar-refractivity contribution in [3.63, 3.8) is 0 Å². The molecule has 0 atom stereocenters. The SMILES string of the molecule is C/C(=C/CNCCc1ccccc1)C(=O)O. The number of carboxylic acids is 1. The van der Waals surface area contributed by atoms with Crippen molar-refractivity contribution in [1.29, 1.82) is 0 Å². The van der Waals surface area contributed by atoms with E-state index in [1.165, 1.54) is 5.56 Å². The van der Waals surface area contributed by atoms with E-state index in [0.29, 0.717) is 12.1 Å². The van der Waals surface area contributed by atoms with Crippen LogP contribution in [0.1, 0.15) is 12.5 Å². The van der Waals surface area contributed by atoms with Gasteiger partial charge in [-0.05, 0) is 25.5 Å². The Labute approximate surface area is 95.8 Å². The summed E-state index contributed by atoms with van der Waals surface area (Å²) in [6.07, 6.45) is 2.65. The van der Waals surface area contributed by atoms with Gasteiger partial charge in [0.2, 0.25) is 0 Å². The number of nitrogens with one attached hydrogen (secondary N) is 1. The van der Waals surface area contributed by atoms with Crippen molar-refractivity contribution in [1.82, 2.24) is 5.32 Å². The Balaban J connectivity index is 2.18. The molecule has 0 saturated carbocycles. The van der Waals surface area contributed by atoms with Crippen molar-refractivity contribution in [2.45, 2.75) is 13.3 Å². The molecule has 0 radical (unpaired) electrons. The molecule has 0 aliphatic carbocycles. The second-order valence-corrected chi connectivity index (χ2v) is 3.63. The maximum Gasteiger partial charge on any atom is 0.330 e. The van der Waals surface area contributed by atoms with Gasteiger partial charge in [-0.2, -0.15) is 0 Å². The van der Waals surface area contributed by atoms with Crippen molar-refractivity contribution in [2.75, 3.05) is 13.1 Å². The molecule has 1 rings (SSSR count). The predicted octanol–water partition coefficient (Wildman–Crippen LogP) is 1.85. The number of rotatable bonds is 6. The maximum absolute atomic E-state index is 10.5. The third-order valence-electron chi connectivity index (χ3n) is 2.32. The molecule has 0 aliphatic heterocycles. The molecule has 3 nitrogen and oxygen atoms in total. The predicted molar refractivity (Wildman–Crippen MR) is 64.4 cm³/mol. The van der Waals surface area contributed by atoms with Crippen molar-refractivity contribution in [3.8, 4) is 0 Å². The number of benzene rings is 1. The molecule has 0 amide bonds. The van der Waals surface area contributed by atoms with E-state index in [9.17, 15) is 4.79 Å². The van der Waals surface area contributed by atoms with Gasteiger partial charge in [0.05, 0.1) is 0 Å². The van der Waals surface area contributed by atoms with Crippen LogP contribution in [0.5, 0.6) is 0 Å². The monoisotopic (exact) mass is 219 g/mol. The second-order valence-electron chi connectivity index (χ2n) is 3.63. The normalized spacial score (nSPS) is 11.4. The Bertz CT molecular complexity index is 357. The molecule has 0 spiro atoms. The molecule has 16 heavy (non-hydrogen) atoms. The molecular formula is C13H17NO2. The van der Waals surface area contributed by atoms with Gasteiger partial charge in [-0.1, -0.05) is 36.4 Å². The molecule has 1 aromatic rings. The van der Waals surface area contributed by atoms with Gasteiger partial charge >= 0.3 is 5.97 Å². The van der Waals surface area contributed by atoms with Gasteiger partial charge in [0.25, 0.3) is 0 Å². The summed E-state index contributed by atoms with van der Waals surface area (Å²) in [5.41, 5.74) is 1.67. The van der Waals surface area contributed by atoms with Gasteiger partial charge in [0, 0.05) is 12.1 Å². The van der Waals surface area contributed by atoms with E-state index in [1.807, 2.05) is 18.2 Å². The first-order chi connectivity index (χ1) is 7.70. The highest BCUT2D eigenvalue weighted by molar-refractivity contribution is 5.85. The van der Waals surface area contributed by atoms with Crippen LogP contribution in [0, 0.1) is 0 Å². The van der Waals surface area contributed by atoms with Crippen LogP contribution < -0.4 is 5.32 Å². The average Bonchev–Trinajstić information content (AvgIpc) is 2.29. The summed E-state index contributed by atoms with van der Waals surface area (Å²) in [7, 11) is 0. The Kier molecular flexibility index (Phi) is 5.29. The minimum absolute atomic E-state index is 0.382. The van der Waals surface area contributed by atoms with Gasteiger partial charge in [-0.3, -0.25) is 0 Å². The van der Waals surface area contributed by atoms with Crippen molar-refractivity contribution >= 4 is 5.97 Å². The lowest BCUT2D eigenvalue weighted by atomic mass is 10.1. The first-order valence-electron chi connectivity index (χ1n) is 5.35. The van der Waals surface area contributed by atoms with Gasteiger partial charge in [-0.25, -0.2) is 4.79 Å². The van der Waals surface area contributed by atoms with Gasteiger partial charge in [0.15, 0.2) is 0 Å². The Morgan fingerprint density at radius 1 is 1.38 bits per heavy atom. The van der Waals surface area contributed by atoms with E-state index >= 15 is 0 Å².